The summed E-state index contributed by atoms with van der Waals surface area (Å²) in [7, 11) is 4.82. The standard InChI is InChI=1S/C17H17NO4/c1-18(2)16(19)12-9-7-11(8-10-12)13-5-4-6-14(17(20)21)15(13)22-3/h4-10H,1-3H3,(H,20,21). The Morgan fingerprint density at radius 1 is 1.05 bits per heavy atom. The van der Waals surface area contributed by atoms with Gasteiger partial charge in [-0.1, -0.05) is 24.3 Å². The number of carbonyl (C=O) groups excluding carboxylic acids is 1. The molecule has 0 bridgehead atoms. The Bertz CT molecular complexity index is 705. The molecule has 2 aromatic rings. The number of ether oxygens (including phenoxy) is 1. The smallest absolute Gasteiger partial charge is 0.339 e. The summed E-state index contributed by atoms with van der Waals surface area (Å²) in [5, 5.41) is 9.22. The number of hydrogen-bond donors (Lipinski definition) is 1. The van der Waals surface area contributed by atoms with Crippen molar-refractivity contribution in [3.8, 4) is 16.9 Å². The molecule has 0 saturated heterocycles. The molecule has 0 saturated carbocycles. The number of amides is 1. The first-order valence-corrected chi connectivity index (χ1v) is 6.68. The quantitative estimate of drug-likeness (QED) is 0.942. The second-order valence-electron chi connectivity index (χ2n) is 4.97. The summed E-state index contributed by atoms with van der Waals surface area (Å²) in [6.45, 7) is 0. The van der Waals surface area contributed by atoms with Gasteiger partial charge < -0.3 is 14.7 Å². The highest BCUT2D eigenvalue weighted by Crippen LogP contribution is 2.33. The number of para-hydroxylation sites is 1. The summed E-state index contributed by atoms with van der Waals surface area (Å²) in [5.41, 5.74) is 2.14. The third-order valence-electron chi connectivity index (χ3n) is 3.30. The number of carboxylic acid groups (broad SMARTS) is 1. The van der Waals surface area contributed by atoms with Crippen LogP contribution in [0.5, 0.6) is 5.75 Å². The summed E-state index contributed by atoms with van der Waals surface area (Å²) in [5.74, 6) is -0.822. The van der Waals surface area contributed by atoms with Crippen LogP contribution in [-0.2, 0) is 0 Å². The average molecular weight is 299 g/mol. The van der Waals surface area contributed by atoms with Gasteiger partial charge in [0.25, 0.3) is 5.91 Å². The molecular formula is C17H17NO4. The van der Waals surface area contributed by atoms with Crippen LogP contribution in [0.1, 0.15) is 20.7 Å². The Morgan fingerprint density at radius 3 is 2.18 bits per heavy atom. The molecule has 114 valence electrons. The van der Waals surface area contributed by atoms with Crippen LogP contribution in [-0.4, -0.2) is 43.1 Å². The first-order chi connectivity index (χ1) is 10.5. The number of aromatic carboxylic acids is 1. The van der Waals surface area contributed by atoms with Crippen LogP contribution in [0.4, 0.5) is 0 Å². The zero-order valence-corrected chi connectivity index (χ0v) is 12.7. The number of hydrogen-bond acceptors (Lipinski definition) is 3. The number of methoxy groups -OCH3 is 1. The lowest BCUT2D eigenvalue weighted by Crippen LogP contribution is -2.21. The summed E-state index contributed by atoms with van der Waals surface area (Å²) < 4.78 is 5.25. The molecule has 0 unspecified atom stereocenters. The SMILES string of the molecule is COc1c(C(=O)O)cccc1-c1ccc(C(=O)N(C)C)cc1. The Morgan fingerprint density at radius 2 is 1.68 bits per heavy atom. The third kappa shape index (κ3) is 2.93. The van der Waals surface area contributed by atoms with Crippen LogP contribution in [0.2, 0.25) is 0 Å². The molecular weight excluding hydrogens is 282 g/mol. The van der Waals surface area contributed by atoms with Crippen molar-refractivity contribution in [1.29, 1.82) is 0 Å². The fourth-order valence-electron chi connectivity index (χ4n) is 2.20. The van der Waals surface area contributed by atoms with Crippen molar-refractivity contribution in [3.63, 3.8) is 0 Å². The molecule has 1 amide bonds. The topological polar surface area (TPSA) is 66.8 Å². The second kappa shape index (κ2) is 6.30. The zero-order chi connectivity index (χ0) is 16.3. The van der Waals surface area contributed by atoms with Crippen LogP contribution in [0.25, 0.3) is 11.1 Å². The Labute approximate surface area is 128 Å². The molecule has 0 spiro atoms. The highest BCUT2D eigenvalue weighted by molar-refractivity contribution is 5.96. The van der Waals surface area contributed by atoms with Crippen LogP contribution in [0, 0.1) is 0 Å². The van der Waals surface area contributed by atoms with E-state index in [1.165, 1.54) is 18.1 Å². The van der Waals surface area contributed by atoms with Gasteiger partial charge in [0.1, 0.15) is 11.3 Å². The maximum absolute atomic E-state index is 11.9. The van der Waals surface area contributed by atoms with Crippen LogP contribution >= 0.6 is 0 Å². The van der Waals surface area contributed by atoms with E-state index in [1.807, 2.05) is 0 Å². The lowest BCUT2D eigenvalue weighted by atomic mass is 10.00. The Hall–Kier alpha value is -2.82. The summed E-state index contributed by atoms with van der Waals surface area (Å²) >= 11 is 0. The van der Waals surface area contributed by atoms with Crippen molar-refractivity contribution in [2.24, 2.45) is 0 Å². The second-order valence-corrected chi connectivity index (χ2v) is 4.97. The molecule has 0 aliphatic heterocycles. The molecule has 2 aromatic carbocycles. The summed E-state index contributed by atoms with van der Waals surface area (Å²) in [6.07, 6.45) is 0. The van der Waals surface area contributed by atoms with Gasteiger partial charge in [0.15, 0.2) is 0 Å². The van der Waals surface area contributed by atoms with E-state index in [4.69, 9.17) is 4.74 Å². The third-order valence-corrected chi connectivity index (χ3v) is 3.30. The molecule has 0 atom stereocenters. The predicted octanol–water partition coefficient (Wildman–Crippen LogP) is 2.76. The average Bonchev–Trinajstić information content (AvgIpc) is 2.53. The van der Waals surface area contributed by atoms with Gasteiger partial charge in [0.05, 0.1) is 7.11 Å². The molecule has 0 aromatic heterocycles. The maximum atomic E-state index is 11.9. The van der Waals surface area contributed by atoms with E-state index >= 15 is 0 Å². The summed E-state index contributed by atoms with van der Waals surface area (Å²) in [6, 6.07) is 11.9. The van der Waals surface area contributed by atoms with Crippen molar-refractivity contribution < 1.29 is 19.4 Å². The van der Waals surface area contributed by atoms with Crippen molar-refractivity contribution in [1.82, 2.24) is 4.90 Å². The van der Waals surface area contributed by atoms with Gasteiger partial charge in [-0.25, -0.2) is 4.79 Å². The highest BCUT2D eigenvalue weighted by Gasteiger charge is 2.16. The van der Waals surface area contributed by atoms with E-state index in [0.29, 0.717) is 16.9 Å². The van der Waals surface area contributed by atoms with Gasteiger partial charge in [-0.15, -0.1) is 0 Å². The van der Waals surface area contributed by atoms with Crippen molar-refractivity contribution in [2.75, 3.05) is 21.2 Å². The van der Waals surface area contributed by atoms with E-state index in [2.05, 4.69) is 0 Å². The van der Waals surface area contributed by atoms with Gasteiger partial charge >= 0.3 is 5.97 Å². The minimum atomic E-state index is -1.04. The number of nitrogens with zero attached hydrogens (tertiary/aromatic N) is 1. The van der Waals surface area contributed by atoms with Crippen molar-refractivity contribution >= 4 is 11.9 Å². The number of rotatable bonds is 4. The van der Waals surface area contributed by atoms with E-state index < -0.39 is 5.97 Å². The van der Waals surface area contributed by atoms with Crippen LogP contribution < -0.4 is 4.74 Å². The first-order valence-electron chi connectivity index (χ1n) is 6.68. The van der Waals surface area contributed by atoms with Gasteiger partial charge in [0, 0.05) is 25.2 Å². The maximum Gasteiger partial charge on any atom is 0.339 e. The fraction of sp³-hybridized carbons (Fsp3) is 0.176. The van der Waals surface area contributed by atoms with Crippen LogP contribution in [0.15, 0.2) is 42.5 Å². The van der Waals surface area contributed by atoms with Crippen LogP contribution in [0.3, 0.4) is 0 Å². The van der Waals surface area contributed by atoms with E-state index in [1.54, 1.807) is 50.5 Å². The normalized spacial score (nSPS) is 10.1. The Kier molecular flexibility index (Phi) is 4.46. The molecule has 5 heteroatoms. The molecule has 2 rings (SSSR count). The number of benzene rings is 2. The fourth-order valence-corrected chi connectivity index (χ4v) is 2.20. The minimum absolute atomic E-state index is 0.0854. The molecule has 0 heterocycles. The predicted molar refractivity (Wildman–Crippen MR) is 83.4 cm³/mol. The van der Waals surface area contributed by atoms with E-state index in [-0.39, 0.29) is 11.5 Å². The molecule has 5 nitrogen and oxygen atoms in total. The molecule has 0 radical (unpaired) electrons. The van der Waals surface area contributed by atoms with Gasteiger partial charge in [0.2, 0.25) is 0 Å². The number of carbonyl (C=O) groups is 2. The largest absolute Gasteiger partial charge is 0.495 e. The molecule has 0 aliphatic carbocycles. The Balaban J connectivity index is 2.47. The monoisotopic (exact) mass is 299 g/mol. The highest BCUT2D eigenvalue weighted by atomic mass is 16.5. The molecule has 0 fully saturated rings. The lowest BCUT2D eigenvalue weighted by Gasteiger charge is -2.13. The van der Waals surface area contributed by atoms with Gasteiger partial charge in [-0.05, 0) is 23.8 Å². The van der Waals surface area contributed by atoms with Crippen molar-refractivity contribution in [2.45, 2.75) is 0 Å². The van der Waals surface area contributed by atoms with Gasteiger partial charge in [-0.2, -0.15) is 0 Å². The molecule has 1 N–H and O–H groups in total. The molecule has 0 aliphatic rings. The summed E-state index contributed by atoms with van der Waals surface area (Å²) in [4.78, 5) is 24.6. The lowest BCUT2D eigenvalue weighted by molar-refractivity contribution is 0.0693. The van der Waals surface area contributed by atoms with E-state index in [0.717, 1.165) is 5.56 Å². The minimum Gasteiger partial charge on any atom is -0.495 e. The molecule has 22 heavy (non-hydrogen) atoms. The van der Waals surface area contributed by atoms with E-state index in [9.17, 15) is 14.7 Å². The zero-order valence-electron chi connectivity index (χ0n) is 12.7. The van der Waals surface area contributed by atoms with Crippen molar-refractivity contribution in [3.05, 3.63) is 53.6 Å². The number of carboxylic acids is 1. The van der Waals surface area contributed by atoms with Gasteiger partial charge in [-0.3, -0.25) is 4.79 Å². The first kappa shape index (κ1) is 15.6.